The van der Waals surface area contributed by atoms with E-state index in [9.17, 15) is 9.59 Å². The second kappa shape index (κ2) is 7.42. The largest absolute Gasteiger partial charge is 0.491 e. The minimum Gasteiger partial charge on any atom is -0.491 e. The first-order valence-corrected chi connectivity index (χ1v) is 8.22. The molecule has 0 aliphatic carbocycles. The van der Waals surface area contributed by atoms with Gasteiger partial charge in [-0.25, -0.2) is 0 Å². The van der Waals surface area contributed by atoms with Crippen molar-refractivity contribution in [3.05, 3.63) is 35.7 Å². The summed E-state index contributed by atoms with van der Waals surface area (Å²) in [6.07, 6.45) is 3.34. The Hall–Kier alpha value is -2.44. The predicted octanol–water partition coefficient (Wildman–Crippen LogP) is 1.53. The molecular weight excluding hydrogens is 312 g/mol. The minimum absolute atomic E-state index is 0.130. The molecular formula is C17H22N2O5. The van der Waals surface area contributed by atoms with Gasteiger partial charge in [-0.05, 0) is 37.8 Å². The van der Waals surface area contributed by atoms with E-state index in [1.165, 1.54) is 6.26 Å². The quantitative estimate of drug-likeness (QED) is 0.903. The molecule has 0 spiro atoms. The monoisotopic (exact) mass is 334 g/mol. The van der Waals surface area contributed by atoms with Crippen molar-refractivity contribution in [3.63, 3.8) is 0 Å². The SMILES string of the molecule is CC1=C(C(=O)N2CCC[C@H](CNC(=O)c3ccco3)C2)OCCO1. The van der Waals surface area contributed by atoms with E-state index in [1.54, 1.807) is 24.0 Å². The first-order valence-electron chi connectivity index (χ1n) is 8.22. The molecule has 0 saturated carbocycles. The average Bonchev–Trinajstić information content (AvgIpc) is 3.14. The lowest BCUT2D eigenvalue weighted by molar-refractivity contribution is -0.134. The molecule has 1 aromatic rings. The number of piperidine rings is 1. The standard InChI is InChI=1S/C17H22N2O5/c1-12-15(24-9-8-22-12)17(21)19-6-2-4-13(11-19)10-18-16(20)14-5-3-7-23-14/h3,5,7,13H,2,4,6,8-11H2,1H3,(H,18,20)/t13-/m1/s1. The van der Waals surface area contributed by atoms with Crippen LogP contribution in [0.2, 0.25) is 0 Å². The molecule has 130 valence electrons. The van der Waals surface area contributed by atoms with Gasteiger partial charge in [-0.3, -0.25) is 9.59 Å². The lowest BCUT2D eigenvalue weighted by Gasteiger charge is -2.34. The number of allylic oxidation sites excluding steroid dienone is 1. The summed E-state index contributed by atoms with van der Waals surface area (Å²) in [5.41, 5.74) is 0. The third-order valence-corrected chi connectivity index (χ3v) is 4.26. The molecule has 0 aromatic carbocycles. The molecule has 0 bridgehead atoms. The fraction of sp³-hybridized carbons (Fsp3) is 0.529. The molecule has 1 atom stereocenters. The van der Waals surface area contributed by atoms with Crippen LogP contribution in [0.25, 0.3) is 0 Å². The Morgan fingerprint density at radius 3 is 2.92 bits per heavy atom. The molecule has 0 unspecified atom stereocenters. The summed E-state index contributed by atoms with van der Waals surface area (Å²) < 4.78 is 15.9. The average molecular weight is 334 g/mol. The highest BCUT2D eigenvalue weighted by atomic mass is 16.6. The van der Waals surface area contributed by atoms with Gasteiger partial charge >= 0.3 is 0 Å². The molecule has 7 nitrogen and oxygen atoms in total. The molecule has 3 heterocycles. The first-order chi connectivity index (χ1) is 11.6. The molecule has 7 heteroatoms. The van der Waals surface area contributed by atoms with Gasteiger partial charge in [0.15, 0.2) is 5.76 Å². The van der Waals surface area contributed by atoms with E-state index in [0.29, 0.717) is 50.1 Å². The Kier molecular flexibility index (Phi) is 5.08. The van der Waals surface area contributed by atoms with Crippen LogP contribution in [0.1, 0.15) is 30.3 Å². The highest BCUT2D eigenvalue weighted by Crippen LogP contribution is 2.21. The number of hydrogen-bond donors (Lipinski definition) is 1. The van der Waals surface area contributed by atoms with Gasteiger partial charge in [0.05, 0.1) is 6.26 Å². The van der Waals surface area contributed by atoms with Gasteiger partial charge in [-0.2, -0.15) is 0 Å². The van der Waals surface area contributed by atoms with Crippen LogP contribution in [0.4, 0.5) is 0 Å². The summed E-state index contributed by atoms with van der Waals surface area (Å²) in [4.78, 5) is 26.3. The Labute approximate surface area is 140 Å². The van der Waals surface area contributed by atoms with Crippen molar-refractivity contribution in [3.8, 4) is 0 Å². The van der Waals surface area contributed by atoms with Gasteiger partial charge in [0.2, 0.25) is 5.76 Å². The van der Waals surface area contributed by atoms with Crippen LogP contribution in [0.3, 0.4) is 0 Å². The van der Waals surface area contributed by atoms with Gasteiger partial charge in [0, 0.05) is 19.6 Å². The van der Waals surface area contributed by atoms with Gasteiger partial charge in [-0.15, -0.1) is 0 Å². The second-order valence-corrected chi connectivity index (χ2v) is 6.03. The molecule has 0 radical (unpaired) electrons. The molecule has 1 saturated heterocycles. The van der Waals surface area contributed by atoms with Crippen molar-refractivity contribution >= 4 is 11.8 Å². The number of carbonyl (C=O) groups excluding carboxylic acids is 2. The van der Waals surface area contributed by atoms with Crippen LogP contribution >= 0.6 is 0 Å². The fourth-order valence-corrected chi connectivity index (χ4v) is 3.01. The Morgan fingerprint density at radius 2 is 2.17 bits per heavy atom. The lowest BCUT2D eigenvalue weighted by atomic mass is 9.97. The molecule has 1 N–H and O–H groups in total. The summed E-state index contributed by atoms with van der Waals surface area (Å²) in [7, 11) is 0. The van der Waals surface area contributed by atoms with Crippen molar-refractivity contribution in [2.24, 2.45) is 5.92 Å². The second-order valence-electron chi connectivity index (χ2n) is 6.03. The Bertz CT molecular complexity index is 623. The maximum absolute atomic E-state index is 12.6. The smallest absolute Gasteiger partial charge is 0.292 e. The van der Waals surface area contributed by atoms with Gasteiger partial charge < -0.3 is 24.1 Å². The van der Waals surface area contributed by atoms with Gasteiger partial charge in [0.1, 0.15) is 19.0 Å². The zero-order valence-corrected chi connectivity index (χ0v) is 13.7. The number of furan rings is 1. The molecule has 24 heavy (non-hydrogen) atoms. The number of nitrogens with one attached hydrogen (secondary N) is 1. The summed E-state index contributed by atoms with van der Waals surface area (Å²) in [5.74, 6) is 1.00. The predicted molar refractivity (Wildman–Crippen MR) is 84.9 cm³/mol. The number of nitrogens with zero attached hydrogens (tertiary/aromatic N) is 1. The number of hydrogen-bond acceptors (Lipinski definition) is 5. The molecule has 1 fully saturated rings. The normalized spacial score (nSPS) is 21.0. The van der Waals surface area contributed by atoms with Crippen molar-refractivity contribution in [1.29, 1.82) is 0 Å². The topological polar surface area (TPSA) is 81.0 Å². The van der Waals surface area contributed by atoms with Crippen LogP contribution < -0.4 is 5.32 Å². The van der Waals surface area contributed by atoms with E-state index in [2.05, 4.69) is 5.32 Å². The molecule has 3 rings (SSSR count). The van der Waals surface area contributed by atoms with Crippen LogP contribution in [0.15, 0.2) is 34.3 Å². The minimum atomic E-state index is -0.231. The highest BCUT2D eigenvalue weighted by Gasteiger charge is 2.29. The number of rotatable bonds is 4. The van der Waals surface area contributed by atoms with Crippen molar-refractivity contribution in [1.82, 2.24) is 10.2 Å². The molecule has 2 aliphatic heterocycles. The zero-order chi connectivity index (χ0) is 16.9. The highest BCUT2D eigenvalue weighted by molar-refractivity contribution is 5.92. The number of likely N-dealkylation sites (tertiary alicyclic amines) is 1. The third kappa shape index (κ3) is 3.72. The lowest BCUT2D eigenvalue weighted by Crippen LogP contribution is -2.45. The van der Waals surface area contributed by atoms with E-state index >= 15 is 0 Å². The fourth-order valence-electron chi connectivity index (χ4n) is 3.01. The van der Waals surface area contributed by atoms with E-state index in [1.807, 2.05) is 0 Å². The van der Waals surface area contributed by atoms with Crippen molar-refractivity contribution in [2.45, 2.75) is 19.8 Å². The number of amides is 2. The number of ether oxygens (including phenoxy) is 2. The molecule has 2 aliphatic rings. The van der Waals surface area contributed by atoms with Crippen LogP contribution in [-0.2, 0) is 14.3 Å². The van der Waals surface area contributed by atoms with E-state index in [4.69, 9.17) is 13.9 Å². The van der Waals surface area contributed by atoms with Crippen LogP contribution in [-0.4, -0.2) is 49.6 Å². The van der Waals surface area contributed by atoms with Gasteiger partial charge in [-0.1, -0.05) is 0 Å². The van der Waals surface area contributed by atoms with Crippen molar-refractivity contribution < 1.29 is 23.5 Å². The van der Waals surface area contributed by atoms with Crippen LogP contribution in [0, 0.1) is 5.92 Å². The summed E-state index contributed by atoms with van der Waals surface area (Å²) in [5, 5.41) is 2.86. The third-order valence-electron chi connectivity index (χ3n) is 4.26. The Morgan fingerprint density at radius 1 is 1.33 bits per heavy atom. The maximum atomic E-state index is 12.6. The summed E-state index contributed by atoms with van der Waals surface area (Å²) in [6, 6.07) is 3.31. The van der Waals surface area contributed by atoms with Crippen LogP contribution in [0.5, 0.6) is 0 Å². The van der Waals surface area contributed by atoms with E-state index in [0.717, 1.165) is 12.8 Å². The maximum Gasteiger partial charge on any atom is 0.292 e. The van der Waals surface area contributed by atoms with E-state index in [-0.39, 0.29) is 17.7 Å². The van der Waals surface area contributed by atoms with E-state index < -0.39 is 0 Å². The summed E-state index contributed by atoms with van der Waals surface area (Å²) >= 11 is 0. The zero-order valence-electron chi connectivity index (χ0n) is 13.7. The molecule has 2 amide bonds. The number of carbonyl (C=O) groups is 2. The summed E-state index contributed by atoms with van der Waals surface area (Å²) in [6.45, 7) is 4.42. The van der Waals surface area contributed by atoms with Crippen molar-refractivity contribution in [2.75, 3.05) is 32.8 Å². The molecule has 1 aromatic heterocycles. The first kappa shape index (κ1) is 16.4. The Balaban J connectivity index is 1.54. The van der Waals surface area contributed by atoms with Gasteiger partial charge in [0.25, 0.3) is 11.8 Å².